The lowest BCUT2D eigenvalue weighted by molar-refractivity contribution is -0.116. The Hall–Kier alpha value is -0.940. The van der Waals surface area contributed by atoms with E-state index in [4.69, 9.17) is 0 Å². The van der Waals surface area contributed by atoms with E-state index in [2.05, 4.69) is 15.6 Å². The van der Waals surface area contributed by atoms with Crippen molar-refractivity contribution in [3.05, 3.63) is 10.6 Å². The van der Waals surface area contributed by atoms with Crippen LogP contribution in [0.5, 0.6) is 0 Å². The predicted octanol–water partition coefficient (Wildman–Crippen LogP) is 2.70. The molecule has 5 heteroatoms. The fourth-order valence-electron chi connectivity index (χ4n) is 2.99. The Balaban J connectivity index is 1.49. The molecule has 1 aromatic rings. The number of rotatable bonds is 4. The summed E-state index contributed by atoms with van der Waals surface area (Å²) in [4.78, 5) is 17.7. The van der Waals surface area contributed by atoms with Gasteiger partial charge in [-0.3, -0.25) is 4.79 Å². The van der Waals surface area contributed by atoms with Gasteiger partial charge in [-0.25, -0.2) is 4.98 Å². The van der Waals surface area contributed by atoms with E-state index >= 15 is 0 Å². The van der Waals surface area contributed by atoms with E-state index in [0.717, 1.165) is 42.7 Å². The van der Waals surface area contributed by atoms with Gasteiger partial charge in [-0.05, 0) is 12.3 Å². The third-order valence-electron chi connectivity index (χ3n) is 4.10. The van der Waals surface area contributed by atoms with Gasteiger partial charge in [-0.1, -0.05) is 25.7 Å². The zero-order valence-electron chi connectivity index (χ0n) is 11.2. The highest BCUT2D eigenvalue weighted by Gasteiger charge is 2.18. The summed E-state index contributed by atoms with van der Waals surface area (Å²) >= 11 is 1.62. The maximum atomic E-state index is 11.9. The van der Waals surface area contributed by atoms with Gasteiger partial charge in [0.05, 0.1) is 5.69 Å². The number of nitrogens with one attached hydrogen (secondary N) is 2. The molecule has 0 saturated heterocycles. The SMILES string of the molecule is O=C(CCC1CCCC1)Nc1nc2c(s1)CNCC2. The summed E-state index contributed by atoms with van der Waals surface area (Å²) in [5.41, 5.74) is 1.16. The van der Waals surface area contributed by atoms with Crippen LogP contribution in [0.15, 0.2) is 0 Å². The zero-order chi connectivity index (χ0) is 13.1. The van der Waals surface area contributed by atoms with E-state index in [1.165, 1.54) is 30.6 Å². The average molecular weight is 279 g/mol. The van der Waals surface area contributed by atoms with Crippen molar-refractivity contribution in [3.8, 4) is 0 Å². The Morgan fingerprint density at radius 1 is 1.42 bits per heavy atom. The van der Waals surface area contributed by atoms with Gasteiger partial charge >= 0.3 is 0 Å². The quantitative estimate of drug-likeness (QED) is 0.891. The van der Waals surface area contributed by atoms with Crippen molar-refractivity contribution in [2.75, 3.05) is 11.9 Å². The minimum Gasteiger partial charge on any atom is -0.311 e. The number of fused-ring (bicyclic) bond motifs is 1. The van der Waals surface area contributed by atoms with Gasteiger partial charge < -0.3 is 10.6 Å². The first-order valence-corrected chi connectivity index (χ1v) is 8.12. The summed E-state index contributed by atoms with van der Waals surface area (Å²) in [5, 5.41) is 7.07. The van der Waals surface area contributed by atoms with Crippen molar-refractivity contribution >= 4 is 22.4 Å². The Bertz CT molecular complexity index is 428. The molecule has 19 heavy (non-hydrogen) atoms. The van der Waals surface area contributed by atoms with Crippen LogP contribution in [-0.2, 0) is 17.8 Å². The van der Waals surface area contributed by atoms with Crippen LogP contribution in [0.3, 0.4) is 0 Å². The van der Waals surface area contributed by atoms with Crippen molar-refractivity contribution in [1.29, 1.82) is 0 Å². The van der Waals surface area contributed by atoms with Gasteiger partial charge in [0, 0.05) is 30.8 Å². The zero-order valence-corrected chi connectivity index (χ0v) is 12.0. The molecular formula is C14H21N3OS. The molecule has 104 valence electrons. The molecule has 3 rings (SSSR count). The molecule has 1 fully saturated rings. The molecule has 1 saturated carbocycles. The van der Waals surface area contributed by atoms with E-state index < -0.39 is 0 Å². The molecule has 2 aliphatic rings. The first kappa shape index (κ1) is 13.1. The van der Waals surface area contributed by atoms with Crippen LogP contribution >= 0.6 is 11.3 Å². The van der Waals surface area contributed by atoms with Crippen LogP contribution < -0.4 is 10.6 Å². The maximum Gasteiger partial charge on any atom is 0.226 e. The molecule has 2 N–H and O–H groups in total. The molecule has 0 spiro atoms. The summed E-state index contributed by atoms with van der Waals surface area (Å²) in [6.45, 7) is 1.89. The van der Waals surface area contributed by atoms with E-state index in [0.29, 0.717) is 6.42 Å². The molecule has 1 aromatic heterocycles. The fraction of sp³-hybridized carbons (Fsp3) is 0.714. The predicted molar refractivity (Wildman–Crippen MR) is 77.3 cm³/mol. The highest BCUT2D eigenvalue weighted by Crippen LogP contribution is 2.29. The lowest BCUT2D eigenvalue weighted by Gasteiger charge is -2.09. The molecular weight excluding hydrogens is 258 g/mol. The number of hydrogen-bond donors (Lipinski definition) is 2. The smallest absolute Gasteiger partial charge is 0.226 e. The molecule has 1 amide bonds. The summed E-state index contributed by atoms with van der Waals surface area (Å²) in [6.07, 6.45) is 7.97. The number of nitrogens with zero attached hydrogens (tertiary/aromatic N) is 1. The monoisotopic (exact) mass is 279 g/mol. The number of amides is 1. The number of hydrogen-bond acceptors (Lipinski definition) is 4. The molecule has 4 nitrogen and oxygen atoms in total. The highest BCUT2D eigenvalue weighted by atomic mass is 32.1. The number of anilines is 1. The van der Waals surface area contributed by atoms with Crippen LogP contribution in [-0.4, -0.2) is 17.4 Å². The molecule has 0 unspecified atom stereocenters. The number of carbonyl (C=O) groups is 1. The van der Waals surface area contributed by atoms with E-state index in [1.807, 2.05) is 0 Å². The topological polar surface area (TPSA) is 54.0 Å². The minimum absolute atomic E-state index is 0.131. The normalized spacial score (nSPS) is 19.4. The van der Waals surface area contributed by atoms with E-state index in [9.17, 15) is 4.79 Å². The Labute approximate surface area is 118 Å². The summed E-state index contributed by atoms with van der Waals surface area (Å²) in [7, 11) is 0. The maximum absolute atomic E-state index is 11.9. The largest absolute Gasteiger partial charge is 0.311 e. The van der Waals surface area contributed by atoms with Crippen molar-refractivity contribution in [2.45, 2.75) is 51.5 Å². The average Bonchev–Trinajstić information content (AvgIpc) is 3.04. The van der Waals surface area contributed by atoms with Crippen molar-refractivity contribution in [3.63, 3.8) is 0 Å². The Morgan fingerprint density at radius 2 is 2.26 bits per heavy atom. The first-order chi connectivity index (χ1) is 9.31. The van der Waals surface area contributed by atoms with Gasteiger partial charge in [0.15, 0.2) is 5.13 Å². The highest BCUT2D eigenvalue weighted by molar-refractivity contribution is 7.15. The minimum atomic E-state index is 0.131. The van der Waals surface area contributed by atoms with Crippen LogP contribution in [0, 0.1) is 5.92 Å². The second-order valence-corrected chi connectivity index (χ2v) is 6.64. The van der Waals surface area contributed by atoms with Crippen LogP contribution in [0.25, 0.3) is 0 Å². The van der Waals surface area contributed by atoms with Crippen LogP contribution in [0.1, 0.15) is 49.1 Å². The Kier molecular flexibility index (Phi) is 4.13. The number of aromatic nitrogens is 1. The number of thiazole rings is 1. The molecule has 0 bridgehead atoms. The lowest BCUT2D eigenvalue weighted by Crippen LogP contribution is -2.22. The van der Waals surface area contributed by atoms with E-state index in [1.54, 1.807) is 11.3 Å². The molecule has 0 atom stereocenters. The lowest BCUT2D eigenvalue weighted by atomic mass is 10.0. The third-order valence-corrected chi connectivity index (χ3v) is 5.12. The van der Waals surface area contributed by atoms with Gasteiger partial charge in [0.2, 0.25) is 5.91 Å². The standard InChI is InChI=1S/C14H21N3OS/c18-13(6-5-10-3-1-2-4-10)17-14-16-11-7-8-15-9-12(11)19-14/h10,15H,1-9H2,(H,16,17,18). The van der Waals surface area contributed by atoms with E-state index in [-0.39, 0.29) is 5.91 Å². The Morgan fingerprint density at radius 3 is 3.05 bits per heavy atom. The van der Waals surface area contributed by atoms with Gasteiger partial charge in [-0.15, -0.1) is 11.3 Å². The summed E-state index contributed by atoms with van der Waals surface area (Å²) in [6, 6.07) is 0. The van der Waals surface area contributed by atoms with Crippen molar-refractivity contribution < 1.29 is 4.79 Å². The fourth-order valence-corrected chi connectivity index (χ4v) is 3.99. The van der Waals surface area contributed by atoms with Gasteiger partial charge in [-0.2, -0.15) is 0 Å². The van der Waals surface area contributed by atoms with Crippen LogP contribution in [0.2, 0.25) is 0 Å². The van der Waals surface area contributed by atoms with Crippen molar-refractivity contribution in [1.82, 2.24) is 10.3 Å². The third kappa shape index (κ3) is 3.34. The molecule has 0 aromatic carbocycles. The molecule has 1 aliphatic carbocycles. The molecule has 2 heterocycles. The summed E-state index contributed by atoms with van der Waals surface area (Å²) in [5.74, 6) is 0.908. The second-order valence-electron chi connectivity index (χ2n) is 5.55. The van der Waals surface area contributed by atoms with Gasteiger partial charge in [0.1, 0.15) is 0 Å². The summed E-state index contributed by atoms with van der Waals surface area (Å²) < 4.78 is 0. The van der Waals surface area contributed by atoms with Crippen LogP contribution in [0.4, 0.5) is 5.13 Å². The van der Waals surface area contributed by atoms with Crippen molar-refractivity contribution in [2.24, 2.45) is 5.92 Å². The molecule has 1 aliphatic heterocycles. The van der Waals surface area contributed by atoms with Gasteiger partial charge in [0.25, 0.3) is 0 Å². The second kappa shape index (κ2) is 6.01. The molecule has 0 radical (unpaired) electrons. The number of carbonyl (C=O) groups excluding carboxylic acids is 1. The first-order valence-electron chi connectivity index (χ1n) is 7.30.